The maximum absolute atomic E-state index is 2.50. The van der Waals surface area contributed by atoms with Gasteiger partial charge in [0.1, 0.15) is 0 Å². The largest absolute Gasteiger partial charge is 0.0622 e. The number of rotatable bonds is 2. The molecule has 0 spiro atoms. The van der Waals surface area contributed by atoms with Gasteiger partial charge in [-0.1, -0.05) is 97.1 Å². The first-order chi connectivity index (χ1) is 13.3. The minimum absolute atomic E-state index is 1.26. The summed E-state index contributed by atoms with van der Waals surface area (Å²) in [6.45, 7) is 0. The number of benzene rings is 5. The van der Waals surface area contributed by atoms with Crippen LogP contribution in [0.25, 0.3) is 43.8 Å². The third-order valence-corrected chi connectivity index (χ3v) is 6.30. The first-order valence-corrected chi connectivity index (χ1v) is 10.1. The van der Waals surface area contributed by atoms with Crippen LogP contribution in [0.3, 0.4) is 0 Å². The minimum atomic E-state index is 1.26. The van der Waals surface area contributed by atoms with Crippen molar-refractivity contribution in [3.05, 3.63) is 107 Å². The summed E-state index contributed by atoms with van der Waals surface area (Å²) in [5, 5.41) is 5.17. The normalized spacial score (nSPS) is 11.1. The number of hydrogen-bond donors (Lipinski definition) is 0. The van der Waals surface area contributed by atoms with Gasteiger partial charge in [0.2, 0.25) is 0 Å². The maximum Gasteiger partial charge on any atom is 0.0287 e. The van der Waals surface area contributed by atoms with Crippen LogP contribution < -0.4 is 0 Å². The molecule has 0 heterocycles. The predicted octanol–water partition coefficient (Wildman–Crippen LogP) is 7.93. The van der Waals surface area contributed by atoms with Gasteiger partial charge in [0.05, 0.1) is 0 Å². The Morgan fingerprint density at radius 1 is 0.444 bits per heavy atom. The highest BCUT2D eigenvalue weighted by molar-refractivity contribution is 14.1. The van der Waals surface area contributed by atoms with E-state index in [1.807, 2.05) is 0 Å². The molecule has 0 aromatic heterocycles. The molecule has 5 rings (SSSR count). The molecule has 0 N–H and O–H groups in total. The van der Waals surface area contributed by atoms with Crippen LogP contribution in [0.5, 0.6) is 0 Å². The molecule has 0 atom stereocenters. The Bertz CT molecular complexity index is 1260. The molecule has 0 bridgehead atoms. The van der Waals surface area contributed by atoms with Gasteiger partial charge in [-0.05, 0) is 72.5 Å². The second kappa shape index (κ2) is 6.82. The van der Waals surface area contributed by atoms with E-state index in [4.69, 9.17) is 0 Å². The van der Waals surface area contributed by atoms with Crippen LogP contribution in [-0.2, 0) is 0 Å². The van der Waals surface area contributed by atoms with Crippen LogP contribution >= 0.6 is 22.6 Å². The molecule has 0 amide bonds. The molecule has 0 aliphatic carbocycles. The van der Waals surface area contributed by atoms with Crippen molar-refractivity contribution in [3.63, 3.8) is 0 Å². The van der Waals surface area contributed by atoms with E-state index < -0.39 is 0 Å². The summed E-state index contributed by atoms with van der Waals surface area (Å²) in [6.07, 6.45) is 0. The third-order valence-electron chi connectivity index (χ3n) is 5.14. The van der Waals surface area contributed by atoms with E-state index in [0.29, 0.717) is 0 Å². The molecular formula is C26H17I. The summed E-state index contributed by atoms with van der Waals surface area (Å²) < 4.78 is 1.30. The lowest BCUT2D eigenvalue weighted by Gasteiger charge is -2.12. The average molecular weight is 456 g/mol. The molecule has 5 aromatic rings. The Balaban J connectivity index is 1.74. The Labute approximate surface area is 172 Å². The van der Waals surface area contributed by atoms with Gasteiger partial charge in [-0.3, -0.25) is 0 Å². The van der Waals surface area contributed by atoms with Crippen LogP contribution in [0.4, 0.5) is 0 Å². The van der Waals surface area contributed by atoms with E-state index in [-0.39, 0.29) is 0 Å². The lowest BCUT2D eigenvalue weighted by molar-refractivity contribution is 1.61. The summed E-state index contributed by atoms with van der Waals surface area (Å²) in [4.78, 5) is 0. The first-order valence-electron chi connectivity index (χ1n) is 9.07. The van der Waals surface area contributed by atoms with Crippen molar-refractivity contribution < 1.29 is 0 Å². The summed E-state index contributed by atoms with van der Waals surface area (Å²) in [5.41, 5.74) is 5.11. The number of fused-ring (bicyclic) bond motifs is 2. The van der Waals surface area contributed by atoms with E-state index in [1.54, 1.807) is 0 Å². The fourth-order valence-electron chi connectivity index (χ4n) is 3.77. The van der Waals surface area contributed by atoms with Gasteiger partial charge in [0, 0.05) is 3.57 Å². The fourth-order valence-corrected chi connectivity index (χ4v) is 4.73. The van der Waals surface area contributed by atoms with Crippen molar-refractivity contribution in [1.82, 2.24) is 0 Å². The van der Waals surface area contributed by atoms with Gasteiger partial charge in [-0.2, -0.15) is 0 Å². The predicted molar refractivity (Wildman–Crippen MR) is 125 cm³/mol. The average Bonchev–Trinajstić information content (AvgIpc) is 2.74. The molecule has 128 valence electrons. The number of halogens is 1. The second-order valence-corrected chi connectivity index (χ2v) is 7.83. The first kappa shape index (κ1) is 16.5. The summed E-state index contributed by atoms with van der Waals surface area (Å²) in [6, 6.07) is 37.0. The van der Waals surface area contributed by atoms with Crippen LogP contribution in [0.1, 0.15) is 0 Å². The maximum atomic E-state index is 2.50. The molecule has 0 fully saturated rings. The molecule has 0 radical (unpaired) electrons. The van der Waals surface area contributed by atoms with Gasteiger partial charge in [-0.15, -0.1) is 0 Å². The van der Waals surface area contributed by atoms with E-state index in [2.05, 4.69) is 126 Å². The monoisotopic (exact) mass is 456 g/mol. The lowest BCUT2D eigenvalue weighted by Crippen LogP contribution is -1.87. The standard InChI is InChI=1S/C26H17I/c27-26-24(19-7-2-1-3-8-19)16-15-20-13-14-21(17-25(20)26)23-12-6-10-18-9-4-5-11-22(18)23/h1-17H. The highest BCUT2D eigenvalue weighted by Gasteiger charge is 2.10. The quantitative estimate of drug-likeness (QED) is 0.237. The van der Waals surface area contributed by atoms with Crippen molar-refractivity contribution in [3.8, 4) is 22.3 Å². The lowest BCUT2D eigenvalue weighted by atomic mass is 9.95. The number of hydrogen-bond acceptors (Lipinski definition) is 0. The van der Waals surface area contributed by atoms with Crippen LogP contribution in [0.15, 0.2) is 103 Å². The topological polar surface area (TPSA) is 0 Å². The third kappa shape index (κ3) is 2.92. The summed E-state index contributed by atoms with van der Waals surface area (Å²) in [5.74, 6) is 0. The van der Waals surface area contributed by atoms with Gasteiger partial charge < -0.3 is 0 Å². The molecule has 0 nitrogen and oxygen atoms in total. The van der Waals surface area contributed by atoms with E-state index >= 15 is 0 Å². The van der Waals surface area contributed by atoms with Crippen LogP contribution in [0, 0.1) is 3.57 Å². The molecule has 5 aromatic carbocycles. The van der Waals surface area contributed by atoms with Crippen molar-refractivity contribution in [1.29, 1.82) is 0 Å². The summed E-state index contributed by atoms with van der Waals surface area (Å²) in [7, 11) is 0. The van der Waals surface area contributed by atoms with Crippen molar-refractivity contribution in [2.24, 2.45) is 0 Å². The van der Waals surface area contributed by atoms with Gasteiger partial charge in [0.25, 0.3) is 0 Å². The summed E-state index contributed by atoms with van der Waals surface area (Å²) >= 11 is 2.50. The van der Waals surface area contributed by atoms with E-state index in [1.165, 1.54) is 47.4 Å². The SMILES string of the molecule is Ic1c(-c2ccccc2)ccc2ccc(-c3cccc4ccccc34)cc12. The molecule has 1 heteroatoms. The minimum Gasteiger partial charge on any atom is -0.0622 e. The van der Waals surface area contributed by atoms with Crippen molar-refractivity contribution >= 4 is 44.1 Å². The van der Waals surface area contributed by atoms with Gasteiger partial charge >= 0.3 is 0 Å². The molecule has 0 unspecified atom stereocenters. The van der Waals surface area contributed by atoms with Gasteiger partial charge in [-0.25, -0.2) is 0 Å². The van der Waals surface area contributed by atoms with Crippen molar-refractivity contribution in [2.45, 2.75) is 0 Å². The van der Waals surface area contributed by atoms with Crippen LogP contribution in [-0.4, -0.2) is 0 Å². The zero-order valence-corrected chi connectivity index (χ0v) is 16.9. The molecule has 0 saturated carbocycles. The Kier molecular flexibility index (Phi) is 4.17. The smallest absolute Gasteiger partial charge is 0.0287 e. The molecule has 27 heavy (non-hydrogen) atoms. The van der Waals surface area contributed by atoms with Crippen LogP contribution in [0.2, 0.25) is 0 Å². The highest BCUT2D eigenvalue weighted by atomic mass is 127. The van der Waals surface area contributed by atoms with Gasteiger partial charge in [0.15, 0.2) is 0 Å². The Hall–Kier alpha value is -2.65. The molecular weight excluding hydrogens is 439 g/mol. The second-order valence-electron chi connectivity index (χ2n) is 6.76. The molecule has 0 aliphatic rings. The zero-order valence-electron chi connectivity index (χ0n) is 14.7. The molecule has 0 aliphatic heterocycles. The van der Waals surface area contributed by atoms with Crippen molar-refractivity contribution in [2.75, 3.05) is 0 Å². The fraction of sp³-hybridized carbons (Fsp3) is 0. The Morgan fingerprint density at radius 3 is 2.04 bits per heavy atom. The Morgan fingerprint density at radius 2 is 1.15 bits per heavy atom. The zero-order chi connectivity index (χ0) is 18.2. The molecule has 0 saturated heterocycles. The van der Waals surface area contributed by atoms with E-state index in [9.17, 15) is 0 Å². The highest BCUT2D eigenvalue weighted by Crippen LogP contribution is 2.35. The van der Waals surface area contributed by atoms with E-state index in [0.717, 1.165) is 0 Å².